The molecule has 0 saturated heterocycles. The SMILES string of the molecule is C[C@@H](C=O)Nc1cc2ccccc2s1. The molecule has 1 heterocycles. The number of carbonyl (C=O) groups is 1. The van der Waals surface area contributed by atoms with Crippen molar-refractivity contribution in [2.75, 3.05) is 5.32 Å². The normalized spacial score (nSPS) is 12.6. The van der Waals surface area contributed by atoms with Crippen LogP contribution in [0.15, 0.2) is 30.3 Å². The van der Waals surface area contributed by atoms with Gasteiger partial charge in [0.15, 0.2) is 0 Å². The Balaban J connectivity index is 2.31. The molecule has 3 heteroatoms. The molecule has 0 unspecified atom stereocenters. The molecule has 1 N–H and O–H groups in total. The van der Waals surface area contributed by atoms with Gasteiger partial charge in [0.05, 0.1) is 11.0 Å². The average Bonchev–Trinajstić information content (AvgIpc) is 2.59. The van der Waals surface area contributed by atoms with Crippen molar-refractivity contribution < 1.29 is 4.79 Å². The minimum atomic E-state index is -0.122. The molecule has 1 atom stereocenters. The molecule has 0 saturated carbocycles. The third-order valence-corrected chi connectivity index (χ3v) is 3.05. The van der Waals surface area contributed by atoms with Gasteiger partial charge >= 0.3 is 0 Å². The lowest BCUT2D eigenvalue weighted by Gasteiger charge is -2.03. The highest BCUT2D eigenvalue weighted by atomic mass is 32.1. The second kappa shape index (κ2) is 3.80. The molecule has 0 aliphatic carbocycles. The fraction of sp³-hybridized carbons (Fsp3) is 0.182. The molecule has 0 aliphatic rings. The van der Waals surface area contributed by atoms with Crippen LogP contribution in [-0.4, -0.2) is 12.3 Å². The van der Waals surface area contributed by atoms with E-state index in [1.165, 1.54) is 10.1 Å². The Kier molecular flexibility index (Phi) is 2.50. The van der Waals surface area contributed by atoms with Crippen LogP contribution in [0.25, 0.3) is 10.1 Å². The largest absolute Gasteiger partial charge is 0.368 e. The molecule has 0 bridgehead atoms. The maximum absolute atomic E-state index is 10.5. The molecule has 0 aliphatic heterocycles. The van der Waals surface area contributed by atoms with E-state index < -0.39 is 0 Å². The first-order valence-corrected chi connectivity index (χ1v) is 5.31. The molecule has 0 spiro atoms. The number of rotatable bonds is 3. The van der Waals surface area contributed by atoms with Crippen LogP contribution >= 0.6 is 11.3 Å². The number of anilines is 1. The Morgan fingerprint density at radius 1 is 1.43 bits per heavy atom. The van der Waals surface area contributed by atoms with Gasteiger partial charge in [-0.25, -0.2) is 0 Å². The summed E-state index contributed by atoms with van der Waals surface area (Å²) in [6.07, 6.45) is 0.907. The Morgan fingerprint density at radius 3 is 2.93 bits per heavy atom. The lowest BCUT2D eigenvalue weighted by molar-refractivity contribution is -0.108. The monoisotopic (exact) mass is 205 g/mol. The van der Waals surface area contributed by atoms with Crippen molar-refractivity contribution in [2.45, 2.75) is 13.0 Å². The van der Waals surface area contributed by atoms with E-state index >= 15 is 0 Å². The third kappa shape index (κ3) is 1.77. The summed E-state index contributed by atoms with van der Waals surface area (Å²) in [7, 11) is 0. The number of hydrogen-bond donors (Lipinski definition) is 1. The molecule has 1 aromatic heterocycles. The summed E-state index contributed by atoms with van der Waals surface area (Å²) in [4.78, 5) is 10.5. The first kappa shape index (κ1) is 9.21. The van der Waals surface area contributed by atoms with Gasteiger partial charge in [-0.1, -0.05) is 18.2 Å². The minimum absolute atomic E-state index is 0.122. The number of benzene rings is 1. The van der Waals surface area contributed by atoms with E-state index in [0.717, 1.165) is 11.3 Å². The van der Waals surface area contributed by atoms with Crippen LogP contribution in [-0.2, 0) is 4.79 Å². The quantitative estimate of drug-likeness (QED) is 0.781. The number of fused-ring (bicyclic) bond motifs is 1. The summed E-state index contributed by atoms with van der Waals surface area (Å²) >= 11 is 1.67. The topological polar surface area (TPSA) is 29.1 Å². The maximum Gasteiger partial charge on any atom is 0.141 e. The van der Waals surface area contributed by atoms with Crippen LogP contribution in [0, 0.1) is 0 Å². The van der Waals surface area contributed by atoms with Gasteiger partial charge in [-0.3, -0.25) is 0 Å². The lowest BCUT2D eigenvalue weighted by Crippen LogP contribution is -2.14. The number of carbonyl (C=O) groups excluding carboxylic acids is 1. The predicted octanol–water partition coefficient (Wildman–Crippen LogP) is 2.90. The summed E-state index contributed by atoms with van der Waals surface area (Å²) in [6, 6.07) is 10.1. The molecular formula is C11H11NOS. The molecule has 2 rings (SSSR count). The zero-order valence-corrected chi connectivity index (χ0v) is 8.67. The zero-order valence-electron chi connectivity index (χ0n) is 7.86. The van der Waals surface area contributed by atoms with Crippen molar-refractivity contribution in [3.05, 3.63) is 30.3 Å². The third-order valence-electron chi connectivity index (χ3n) is 2.00. The molecule has 2 aromatic rings. The van der Waals surface area contributed by atoms with Crippen LogP contribution in [0.5, 0.6) is 0 Å². The number of nitrogens with one attached hydrogen (secondary N) is 1. The van der Waals surface area contributed by atoms with Crippen molar-refractivity contribution in [3.8, 4) is 0 Å². The molecule has 2 nitrogen and oxygen atoms in total. The fourth-order valence-electron chi connectivity index (χ4n) is 1.31. The summed E-state index contributed by atoms with van der Waals surface area (Å²) < 4.78 is 1.24. The van der Waals surface area contributed by atoms with Crippen LogP contribution in [0.4, 0.5) is 5.00 Å². The predicted molar refractivity (Wildman–Crippen MR) is 61.0 cm³/mol. The first-order valence-electron chi connectivity index (χ1n) is 4.50. The molecule has 72 valence electrons. The zero-order chi connectivity index (χ0) is 9.97. The second-order valence-corrected chi connectivity index (χ2v) is 4.30. The van der Waals surface area contributed by atoms with E-state index in [9.17, 15) is 4.79 Å². The lowest BCUT2D eigenvalue weighted by atomic mass is 10.3. The number of aldehydes is 1. The van der Waals surface area contributed by atoms with Crippen molar-refractivity contribution in [1.82, 2.24) is 0 Å². The Bertz CT molecular complexity index is 416. The first-order chi connectivity index (χ1) is 6.79. The Hall–Kier alpha value is -1.35. The van der Waals surface area contributed by atoms with E-state index in [1.54, 1.807) is 11.3 Å². The summed E-state index contributed by atoms with van der Waals surface area (Å²) in [5.74, 6) is 0. The van der Waals surface area contributed by atoms with Gasteiger partial charge in [0.2, 0.25) is 0 Å². The van der Waals surface area contributed by atoms with Gasteiger partial charge in [-0.05, 0) is 24.4 Å². The average molecular weight is 205 g/mol. The van der Waals surface area contributed by atoms with Crippen molar-refractivity contribution in [2.24, 2.45) is 0 Å². The highest BCUT2D eigenvalue weighted by molar-refractivity contribution is 7.22. The van der Waals surface area contributed by atoms with Crippen LogP contribution < -0.4 is 5.32 Å². The standard InChI is InChI=1S/C11H11NOS/c1-8(7-13)12-11-6-9-4-2-3-5-10(9)14-11/h2-8,12H,1H3/t8-/m0/s1. The number of thiophene rings is 1. The Labute approximate surface area is 86.6 Å². The van der Waals surface area contributed by atoms with E-state index in [2.05, 4.69) is 23.5 Å². The van der Waals surface area contributed by atoms with Crippen molar-refractivity contribution in [3.63, 3.8) is 0 Å². The van der Waals surface area contributed by atoms with Gasteiger partial charge in [0, 0.05) is 4.70 Å². The molecular weight excluding hydrogens is 194 g/mol. The van der Waals surface area contributed by atoms with Crippen LogP contribution in [0.1, 0.15) is 6.92 Å². The highest BCUT2D eigenvalue weighted by Gasteiger charge is 2.03. The molecule has 0 amide bonds. The molecule has 0 radical (unpaired) electrons. The van der Waals surface area contributed by atoms with E-state index in [4.69, 9.17) is 0 Å². The van der Waals surface area contributed by atoms with Gasteiger partial charge in [0.1, 0.15) is 6.29 Å². The maximum atomic E-state index is 10.5. The van der Waals surface area contributed by atoms with Crippen LogP contribution in [0.3, 0.4) is 0 Å². The summed E-state index contributed by atoms with van der Waals surface area (Å²) in [5.41, 5.74) is 0. The van der Waals surface area contributed by atoms with E-state index in [-0.39, 0.29) is 6.04 Å². The van der Waals surface area contributed by atoms with E-state index in [1.807, 2.05) is 19.1 Å². The second-order valence-electron chi connectivity index (χ2n) is 3.22. The van der Waals surface area contributed by atoms with Gasteiger partial charge in [-0.2, -0.15) is 0 Å². The summed E-state index contributed by atoms with van der Waals surface area (Å²) in [6.45, 7) is 1.84. The van der Waals surface area contributed by atoms with Crippen molar-refractivity contribution >= 4 is 32.7 Å². The Morgan fingerprint density at radius 2 is 2.21 bits per heavy atom. The highest BCUT2D eigenvalue weighted by Crippen LogP contribution is 2.29. The van der Waals surface area contributed by atoms with Gasteiger partial charge in [-0.15, -0.1) is 11.3 Å². The minimum Gasteiger partial charge on any atom is -0.368 e. The van der Waals surface area contributed by atoms with Crippen LogP contribution in [0.2, 0.25) is 0 Å². The number of hydrogen-bond acceptors (Lipinski definition) is 3. The van der Waals surface area contributed by atoms with Gasteiger partial charge in [0.25, 0.3) is 0 Å². The van der Waals surface area contributed by atoms with Crippen molar-refractivity contribution in [1.29, 1.82) is 0 Å². The molecule has 0 fully saturated rings. The molecule has 14 heavy (non-hydrogen) atoms. The smallest absolute Gasteiger partial charge is 0.141 e. The molecule has 1 aromatic carbocycles. The van der Waals surface area contributed by atoms with E-state index in [0.29, 0.717) is 0 Å². The summed E-state index contributed by atoms with van der Waals surface area (Å²) in [5, 5.41) is 5.40. The fourth-order valence-corrected chi connectivity index (χ4v) is 2.37. The van der Waals surface area contributed by atoms with Gasteiger partial charge < -0.3 is 10.1 Å².